The number of carbonyl (C=O) groups excluding carboxylic acids is 2. The van der Waals surface area contributed by atoms with Gasteiger partial charge in [0.2, 0.25) is 5.13 Å². The van der Waals surface area contributed by atoms with Crippen LogP contribution in [0.25, 0.3) is 15.6 Å². The first-order chi connectivity index (χ1) is 21.4. The number of azo groups is 1. The lowest BCUT2D eigenvalue weighted by Crippen LogP contribution is -2.25. The molecule has 0 radical (unpaired) electrons. The molecule has 1 aliphatic carbocycles. The van der Waals surface area contributed by atoms with E-state index in [1.54, 1.807) is 12.1 Å². The Labute approximate surface area is 267 Å². The molecule has 44 heavy (non-hydrogen) atoms. The van der Waals surface area contributed by atoms with Crippen molar-refractivity contribution in [3.63, 3.8) is 0 Å². The van der Waals surface area contributed by atoms with Crippen LogP contribution in [0.4, 0.5) is 16.5 Å². The molecule has 0 saturated carbocycles. The molecule has 2 aromatic carbocycles. The first-order valence-corrected chi connectivity index (χ1v) is 17.1. The van der Waals surface area contributed by atoms with E-state index in [4.69, 9.17) is 0 Å². The van der Waals surface area contributed by atoms with Gasteiger partial charge in [-0.05, 0) is 73.7 Å². The van der Waals surface area contributed by atoms with E-state index in [0.29, 0.717) is 16.3 Å². The molecule has 0 fully saturated rings. The predicted molar refractivity (Wildman–Crippen MR) is 181 cm³/mol. The minimum absolute atomic E-state index is 0.159. The molecule has 1 unspecified atom stereocenters. The van der Waals surface area contributed by atoms with Gasteiger partial charge in [-0.15, -0.1) is 21.6 Å². The number of hydrogen-bond donors (Lipinski definition) is 0. The highest BCUT2D eigenvalue weighted by molar-refractivity contribution is 7.29. The molecule has 0 bridgehead atoms. The third-order valence-corrected chi connectivity index (χ3v) is 9.81. The molecule has 1 atom stereocenters. The Balaban J connectivity index is 1.28. The fourth-order valence-corrected chi connectivity index (χ4v) is 7.34. The number of thiazole rings is 1. The quantitative estimate of drug-likeness (QED) is 0.0790. The van der Waals surface area contributed by atoms with Crippen LogP contribution in [0.3, 0.4) is 0 Å². The number of nitrogens with zero attached hydrogens (tertiary/aromatic N) is 5. The maximum atomic E-state index is 13.3. The van der Waals surface area contributed by atoms with Gasteiger partial charge in [-0.2, -0.15) is 5.26 Å². The number of hydrogen-bond acceptors (Lipinski definition) is 9. The number of carbonyl (C=O) groups is 2. The smallest absolute Gasteiger partial charge is 0.231 e. The van der Waals surface area contributed by atoms with Crippen LogP contribution in [-0.4, -0.2) is 29.6 Å². The van der Waals surface area contributed by atoms with Crippen molar-refractivity contribution in [2.24, 2.45) is 16.1 Å². The lowest BCUT2D eigenvalue weighted by Gasteiger charge is -2.24. The van der Waals surface area contributed by atoms with Gasteiger partial charge in [-0.25, -0.2) is 4.98 Å². The highest BCUT2D eigenvalue weighted by atomic mass is 32.1. The zero-order chi connectivity index (χ0) is 31.1. The van der Waals surface area contributed by atoms with Crippen molar-refractivity contribution in [2.45, 2.75) is 65.7 Å². The number of anilines is 1. The fourth-order valence-electron chi connectivity index (χ4n) is 5.35. The Kier molecular flexibility index (Phi) is 10.5. The molecule has 0 spiro atoms. The Bertz CT molecular complexity index is 1700. The van der Waals surface area contributed by atoms with Crippen molar-refractivity contribution in [3.05, 3.63) is 75.7 Å². The van der Waals surface area contributed by atoms with Crippen molar-refractivity contribution in [2.75, 3.05) is 18.0 Å². The van der Waals surface area contributed by atoms with E-state index in [2.05, 4.69) is 59.1 Å². The SMILES string of the molecule is CCCCc1ccc2c(c1)C(=O)C(/C(C#N)=C/c1cc3sc(N=Nc4ccc(N(CCCC)CCCC)cc4)nc3s1)C2=O. The highest BCUT2D eigenvalue weighted by Gasteiger charge is 2.41. The monoisotopic (exact) mass is 623 g/mol. The van der Waals surface area contributed by atoms with E-state index in [9.17, 15) is 14.9 Å². The Morgan fingerprint density at radius 1 is 0.909 bits per heavy atom. The molecule has 0 N–H and O–H groups in total. The second-order valence-electron chi connectivity index (χ2n) is 11.1. The van der Waals surface area contributed by atoms with Crippen LogP contribution in [0.5, 0.6) is 0 Å². The lowest BCUT2D eigenvalue weighted by molar-refractivity contribution is 0.0867. The van der Waals surface area contributed by atoms with Crippen LogP contribution >= 0.6 is 22.7 Å². The molecule has 2 aromatic heterocycles. The number of Topliss-reactive ketones (excluding diaryl/α,β-unsaturated/α-hetero) is 2. The number of fused-ring (bicyclic) bond motifs is 2. The molecule has 1 aliphatic rings. The van der Waals surface area contributed by atoms with Crippen LogP contribution in [0.2, 0.25) is 0 Å². The zero-order valence-electron chi connectivity index (χ0n) is 25.5. The number of aryl methyl sites for hydroxylation is 1. The summed E-state index contributed by atoms with van der Waals surface area (Å²) in [6.07, 6.45) is 9.27. The van der Waals surface area contributed by atoms with E-state index >= 15 is 0 Å². The van der Waals surface area contributed by atoms with Gasteiger partial charge in [0.05, 0.1) is 16.5 Å². The third kappa shape index (κ3) is 7.03. The largest absolute Gasteiger partial charge is 0.372 e. The van der Waals surface area contributed by atoms with Gasteiger partial charge < -0.3 is 4.90 Å². The van der Waals surface area contributed by atoms with E-state index in [0.717, 1.165) is 58.0 Å². The molecular formula is C35H37N5O2S2. The second kappa shape index (κ2) is 14.7. The fraction of sp³-hybridized carbons (Fsp3) is 0.371. The molecule has 0 aliphatic heterocycles. The summed E-state index contributed by atoms with van der Waals surface area (Å²) in [5.74, 6) is -1.69. The molecule has 0 saturated heterocycles. The van der Waals surface area contributed by atoms with Gasteiger partial charge in [0.15, 0.2) is 11.6 Å². The van der Waals surface area contributed by atoms with Crippen molar-refractivity contribution in [1.29, 1.82) is 5.26 Å². The van der Waals surface area contributed by atoms with E-state index < -0.39 is 5.92 Å². The standard InChI is InChI=1S/C35H37N5O2S2/c1-4-7-10-23-11-16-28-29(19-23)33(42)31(32(28)41)24(22-36)20-27-21-30-34(43-27)37-35(44-30)39-38-25-12-14-26(15-13-25)40(17-8-5-2)18-9-6-3/h11-16,19-21,31H,4-10,17-18H2,1-3H3/b24-20+,39-38?. The summed E-state index contributed by atoms with van der Waals surface area (Å²) in [7, 11) is 0. The van der Waals surface area contributed by atoms with Gasteiger partial charge in [0, 0.05) is 40.4 Å². The number of benzene rings is 2. The normalized spacial score (nSPS) is 15.0. The Hall–Kier alpha value is -4.00. The summed E-state index contributed by atoms with van der Waals surface area (Å²) in [6, 6.07) is 17.7. The maximum absolute atomic E-state index is 13.3. The maximum Gasteiger partial charge on any atom is 0.231 e. The van der Waals surface area contributed by atoms with Crippen LogP contribution in [0.1, 0.15) is 90.5 Å². The average molecular weight is 624 g/mol. The summed E-state index contributed by atoms with van der Waals surface area (Å²) in [6.45, 7) is 8.67. The molecule has 0 amide bonds. The average Bonchev–Trinajstić information content (AvgIpc) is 3.67. The van der Waals surface area contributed by atoms with Crippen molar-refractivity contribution in [3.8, 4) is 6.07 Å². The van der Waals surface area contributed by atoms with E-state index in [1.807, 2.05) is 30.3 Å². The number of allylic oxidation sites excluding steroid dienone is 1. The van der Waals surface area contributed by atoms with Gasteiger partial charge in [-0.1, -0.05) is 63.5 Å². The number of nitriles is 1. The second-order valence-corrected chi connectivity index (χ2v) is 13.2. The molecule has 5 rings (SSSR count). The summed E-state index contributed by atoms with van der Waals surface area (Å²) in [5.41, 5.74) is 4.01. The number of unbranched alkanes of at least 4 members (excludes halogenated alkanes) is 3. The minimum Gasteiger partial charge on any atom is -0.372 e. The topological polar surface area (TPSA) is 98.8 Å². The molecule has 7 nitrogen and oxygen atoms in total. The number of ketones is 2. The minimum atomic E-state index is -1.09. The molecule has 226 valence electrons. The molecular weight excluding hydrogens is 587 g/mol. The van der Waals surface area contributed by atoms with Crippen molar-refractivity contribution < 1.29 is 9.59 Å². The van der Waals surface area contributed by atoms with Gasteiger partial charge in [-0.3, -0.25) is 9.59 Å². The van der Waals surface area contributed by atoms with Crippen molar-refractivity contribution >= 4 is 66.4 Å². The first-order valence-electron chi connectivity index (χ1n) is 15.5. The Morgan fingerprint density at radius 3 is 2.27 bits per heavy atom. The molecule has 2 heterocycles. The van der Waals surface area contributed by atoms with Crippen LogP contribution in [0, 0.1) is 17.2 Å². The van der Waals surface area contributed by atoms with Crippen LogP contribution < -0.4 is 4.90 Å². The van der Waals surface area contributed by atoms with Crippen LogP contribution in [0.15, 0.2) is 64.3 Å². The van der Waals surface area contributed by atoms with E-state index in [-0.39, 0.29) is 17.1 Å². The van der Waals surface area contributed by atoms with Gasteiger partial charge >= 0.3 is 0 Å². The summed E-state index contributed by atoms with van der Waals surface area (Å²) in [4.78, 5) is 35.0. The summed E-state index contributed by atoms with van der Waals surface area (Å²) in [5, 5.41) is 19.3. The number of thiophene rings is 1. The highest BCUT2D eigenvalue weighted by Crippen LogP contribution is 2.38. The molecule has 4 aromatic rings. The lowest BCUT2D eigenvalue weighted by atomic mass is 9.94. The van der Waals surface area contributed by atoms with E-state index in [1.165, 1.54) is 54.0 Å². The Morgan fingerprint density at radius 2 is 1.61 bits per heavy atom. The van der Waals surface area contributed by atoms with Crippen molar-refractivity contribution in [1.82, 2.24) is 4.98 Å². The third-order valence-electron chi connectivity index (χ3n) is 7.82. The number of aromatic nitrogens is 1. The predicted octanol–water partition coefficient (Wildman–Crippen LogP) is 10.1. The van der Waals surface area contributed by atoms with Crippen LogP contribution in [-0.2, 0) is 6.42 Å². The summed E-state index contributed by atoms with van der Waals surface area (Å²) >= 11 is 2.81. The van der Waals surface area contributed by atoms with Gasteiger partial charge in [0.25, 0.3) is 0 Å². The summed E-state index contributed by atoms with van der Waals surface area (Å²) < 4.78 is 0.915. The first kappa shape index (κ1) is 31.4. The zero-order valence-corrected chi connectivity index (χ0v) is 27.1. The molecule has 9 heteroatoms. The number of rotatable bonds is 14. The van der Waals surface area contributed by atoms with Gasteiger partial charge in [0.1, 0.15) is 10.7 Å².